The van der Waals surface area contributed by atoms with Crippen LogP contribution in [0.3, 0.4) is 0 Å². The molecule has 1 aliphatic carbocycles. The fraction of sp³-hybridized carbons (Fsp3) is 0.562. The molecule has 3 rings (SSSR count). The van der Waals surface area contributed by atoms with Crippen molar-refractivity contribution in [1.82, 2.24) is 5.32 Å². The largest absolute Gasteiger partial charge is 0.491 e. The van der Waals surface area contributed by atoms with Gasteiger partial charge < -0.3 is 15.8 Å². The van der Waals surface area contributed by atoms with Crippen molar-refractivity contribution in [2.24, 2.45) is 11.7 Å². The fourth-order valence-electron chi connectivity index (χ4n) is 3.21. The number of carbonyl (C=O) groups is 1. The van der Waals surface area contributed by atoms with Crippen LogP contribution in [0.25, 0.3) is 0 Å². The zero-order valence-electron chi connectivity index (χ0n) is 11.7. The van der Waals surface area contributed by atoms with Gasteiger partial charge in [-0.05, 0) is 37.3 Å². The Morgan fingerprint density at radius 3 is 3.00 bits per heavy atom. The van der Waals surface area contributed by atoms with Gasteiger partial charge in [0.05, 0.1) is 6.04 Å². The predicted molar refractivity (Wildman–Crippen MR) is 77.5 cm³/mol. The van der Waals surface area contributed by atoms with Gasteiger partial charge in [0, 0.05) is 12.0 Å². The molecule has 1 aromatic carbocycles. The number of ether oxygens (including phenoxy) is 1. The molecule has 0 radical (unpaired) electrons. The summed E-state index contributed by atoms with van der Waals surface area (Å²) < 4.78 is 5.71. The van der Waals surface area contributed by atoms with Crippen LogP contribution in [0, 0.1) is 5.92 Å². The average molecular weight is 274 g/mol. The second kappa shape index (κ2) is 5.83. The number of carbonyl (C=O) groups excluding carboxylic acids is 1. The maximum absolute atomic E-state index is 12.3. The van der Waals surface area contributed by atoms with Crippen LogP contribution in [0.5, 0.6) is 5.75 Å². The summed E-state index contributed by atoms with van der Waals surface area (Å²) >= 11 is 0. The highest BCUT2D eigenvalue weighted by molar-refractivity contribution is 5.79. The molecule has 4 heteroatoms. The van der Waals surface area contributed by atoms with E-state index in [4.69, 9.17) is 10.5 Å². The van der Waals surface area contributed by atoms with Crippen molar-refractivity contribution in [2.75, 3.05) is 6.61 Å². The van der Waals surface area contributed by atoms with Crippen LogP contribution in [-0.2, 0) is 11.2 Å². The first-order valence-corrected chi connectivity index (χ1v) is 7.49. The summed E-state index contributed by atoms with van der Waals surface area (Å²) in [5, 5.41) is 3.13. The molecule has 2 aliphatic rings. The number of hydrogen-bond acceptors (Lipinski definition) is 3. The van der Waals surface area contributed by atoms with E-state index in [2.05, 4.69) is 11.4 Å². The molecule has 0 spiro atoms. The van der Waals surface area contributed by atoms with E-state index in [9.17, 15) is 4.79 Å². The van der Waals surface area contributed by atoms with E-state index in [1.165, 1.54) is 5.56 Å². The van der Waals surface area contributed by atoms with E-state index in [0.717, 1.165) is 37.9 Å². The number of nitrogens with two attached hydrogens (primary N) is 1. The first kappa shape index (κ1) is 13.4. The molecule has 0 saturated heterocycles. The lowest BCUT2D eigenvalue weighted by Gasteiger charge is -2.30. The van der Waals surface area contributed by atoms with Crippen LogP contribution in [0.4, 0.5) is 0 Å². The Morgan fingerprint density at radius 2 is 2.15 bits per heavy atom. The third-order valence-corrected chi connectivity index (χ3v) is 4.31. The molecule has 3 N–H and O–H groups in total. The van der Waals surface area contributed by atoms with Crippen molar-refractivity contribution in [3.8, 4) is 5.75 Å². The molecule has 0 bridgehead atoms. The van der Waals surface area contributed by atoms with Gasteiger partial charge in [-0.15, -0.1) is 0 Å². The van der Waals surface area contributed by atoms with E-state index >= 15 is 0 Å². The quantitative estimate of drug-likeness (QED) is 0.861. The van der Waals surface area contributed by atoms with Crippen molar-refractivity contribution in [1.29, 1.82) is 0 Å². The number of rotatable bonds is 2. The first-order chi connectivity index (χ1) is 9.72. The van der Waals surface area contributed by atoms with E-state index in [0.29, 0.717) is 6.61 Å². The van der Waals surface area contributed by atoms with Crippen molar-refractivity contribution in [2.45, 2.75) is 44.2 Å². The number of para-hydroxylation sites is 1. The Labute approximate surface area is 119 Å². The molecule has 1 aromatic rings. The zero-order chi connectivity index (χ0) is 13.9. The average Bonchev–Trinajstić information content (AvgIpc) is 2.47. The number of amides is 1. The van der Waals surface area contributed by atoms with Gasteiger partial charge >= 0.3 is 0 Å². The van der Waals surface area contributed by atoms with Crippen LogP contribution in [-0.4, -0.2) is 24.6 Å². The molecule has 108 valence electrons. The predicted octanol–water partition coefficient (Wildman–Crippen LogP) is 1.62. The molecule has 1 heterocycles. The van der Waals surface area contributed by atoms with E-state index in [-0.39, 0.29) is 23.9 Å². The van der Waals surface area contributed by atoms with Crippen molar-refractivity contribution < 1.29 is 9.53 Å². The van der Waals surface area contributed by atoms with Crippen LogP contribution < -0.4 is 15.8 Å². The molecule has 1 saturated carbocycles. The molecule has 1 amide bonds. The van der Waals surface area contributed by atoms with Crippen LogP contribution in [0.2, 0.25) is 0 Å². The zero-order valence-corrected chi connectivity index (χ0v) is 11.7. The Kier molecular flexibility index (Phi) is 3.92. The van der Waals surface area contributed by atoms with Gasteiger partial charge in [-0.2, -0.15) is 0 Å². The molecular formula is C16H22N2O2. The third-order valence-electron chi connectivity index (χ3n) is 4.31. The second-order valence-corrected chi connectivity index (χ2v) is 5.95. The lowest BCUT2D eigenvalue weighted by Crippen LogP contribution is -2.46. The van der Waals surface area contributed by atoms with Gasteiger partial charge in [-0.1, -0.05) is 24.6 Å². The highest BCUT2D eigenvalue weighted by Gasteiger charge is 2.28. The molecular weight excluding hydrogens is 252 g/mol. The van der Waals surface area contributed by atoms with Gasteiger partial charge in [-0.3, -0.25) is 4.79 Å². The van der Waals surface area contributed by atoms with Gasteiger partial charge in [0.1, 0.15) is 12.4 Å². The standard InChI is InChI=1S/C16H22N2O2/c17-13-6-3-5-12(8-13)16(19)18-14-9-11-4-1-2-7-15(11)20-10-14/h1-2,4,7,12-14H,3,5-6,8-10,17H2,(H,18,19). The van der Waals surface area contributed by atoms with Gasteiger partial charge in [0.25, 0.3) is 0 Å². The Bertz CT molecular complexity index is 489. The number of nitrogens with one attached hydrogen (secondary N) is 1. The lowest BCUT2D eigenvalue weighted by molar-refractivity contribution is -0.127. The lowest BCUT2D eigenvalue weighted by atomic mass is 9.85. The molecule has 4 nitrogen and oxygen atoms in total. The summed E-state index contributed by atoms with van der Waals surface area (Å²) in [7, 11) is 0. The maximum Gasteiger partial charge on any atom is 0.223 e. The summed E-state index contributed by atoms with van der Waals surface area (Å²) in [6, 6.07) is 8.28. The Hall–Kier alpha value is -1.55. The summed E-state index contributed by atoms with van der Waals surface area (Å²) in [5.74, 6) is 1.17. The molecule has 1 fully saturated rings. The summed E-state index contributed by atoms with van der Waals surface area (Å²) in [6.07, 6.45) is 4.73. The smallest absolute Gasteiger partial charge is 0.223 e. The number of benzene rings is 1. The minimum absolute atomic E-state index is 0.0792. The van der Waals surface area contributed by atoms with E-state index in [1.807, 2.05) is 18.2 Å². The van der Waals surface area contributed by atoms with Crippen LogP contribution in [0.15, 0.2) is 24.3 Å². The Morgan fingerprint density at radius 1 is 1.30 bits per heavy atom. The minimum atomic E-state index is 0.0792. The number of hydrogen-bond donors (Lipinski definition) is 2. The number of fused-ring (bicyclic) bond motifs is 1. The molecule has 20 heavy (non-hydrogen) atoms. The first-order valence-electron chi connectivity index (χ1n) is 7.49. The topological polar surface area (TPSA) is 64.4 Å². The van der Waals surface area contributed by atoms with E-state index < -0.39 is 0 Å². The van der Waals surface area contributed by atoms with Gasteiger partial charge in [0.15, 0.2) is 0 Å². The van der Waals surface area contributed by atoms with E-state index in [1.54, 1.807) is 0 Å². The highest BCUT2D eigenvalue weighted by Crippen LogP contribution is 2.26. The molecule has 3 unspecified atom stereocenters. The van der Waals surface area contributed by atoms with Gasteiger partial charge in [0.2, 0.25) is 5.91 Å². The second-order valence-electron chi connectivity index (χ2n) is 5.95. The van der Waals surface area contributed by atoms with Crippen LogP contribution in [0.1, 0.15) is 31.2 Å². The SMILES string of the molecule is NC1CCCC(C(=O)NC2COc3ccccc3C2)C1. The Balaban J connectivity index is 1.58. The summed E-state index contributed by atoms with van der Waals surface area (Å²) in [4.78, 5) is 12.3. The van der Waals surface area contributed by atoms with Crippen molar-refractivity contribution >= 4 is 5.91 Å². The molecule has 0 aromatic heterocycles. The summed E-state index contributed by atoms with van der Waals surface area (Å²) in [6.45, 7) is 0.557. The summed E-state index contributed by atoms with van der Waals surface area (Å²) in [5.41, 5.74) is 7.13. The van der Waals surface area contributed by atoms with Gasteiger partial charge in [-0.25, -0.2) is 0 Å². The third kappa shape index (κ3) is 2.96. The minimum Gasteiger partial charge on any atom is -0.491 e. The fourth-order valence-corrected chi connectivity index (χ4v) is 3.21. The van der Waals surface area contributed by atoms with Crippen molar-refractivity contribution in [3.05, 3.63) is 29.8 Å². The van der Waals surface area contributed by atoms with Crippen LogP contribution >= 0.6 is 0 Å². The normalized spacial score (nSPS) is 29.1. The highest BCUT2D eigenvalue weighted by atomic mass is 16.5. The van der Waals surface area contributed by atoms with Crippen molar-refractivity contribution in [3.63, 3.8) is 0 Å². The maximum atomic E-state index is 12.3. The molecule has 3 atom stereocenters. The molecule has 1 aliphatic heterocycles. The monoisotopic (exact) mass is 274 g/mol.